The van der Waals surface area contributed by atoms with E-state index in [1.54, 1.807) is 0 Å². The van der Waals surface area contributed by atoms with Crippen LogP contribution in [-0.4, -0.2) is 48.1 Å². The van der Waals surface area contributed by atoms with Gasteiger partial charge in [-0.25, -0.2) is 9.97 Å². The zero-order valence-electron chi connectivity index (χ0n) is 12.3. The largest absolute Gasteiger partial charge is 0.358 e. The third-order valence-corrected chi connectivity index (χ3v) is 4.61. The number of anilines is 1. The second-order valence-electron chi connectivity index (χ2n) is 5.65. The maximum atomic E-state index is 4.62. The Kier molecular flexibility index (Phi) is 4.46. The molecule has 1 fully saturated rings. The van der Waals surface area contributed by atoms with Crippen LogP contribution in [0.3, 0.4) is 0 Å². The number of aryl methyl sites for hydroxylation is 1. The van der Waals surface area contributed by atoms with Gasteiger partial charge in [0.15, 0.2) is 0 Å². The molecule has 0 saturated heterocycles. The van der Waals surface area contributed by atoms with Gasteiger partial charge in [-0.3, -0.25) is 0 Å². The van der Waals surface area contributed by atoms with Crippen LogP contribution in [0.5, 0.6) is 0 Å². The van der Waals surface area contributed by atoms with E-state index < -0.39 is 0 Å². The van der Waals surface area contributed by atoms with Crippen molar-refractivity contribution in [2.75, 3.05) is 32.6 Å². The summed E-state index contributed by atoms with van der Waals surface area (Å²) in [6.07, 6.45) is 4.74. The highest BCUT2D eigenvalue weighted by atomic mass is 79.9. The van der Waals surface area contributed by atoms with Gasteiger partial charge in [-0.15, -0.1) is 0 Å². The highest BCUT2D eigenvalue weighted by Crippen LogP contribution is 2.37. The minimum absolute atomic E-state index is 0.318. The fourth-order valence-corrected chi connectivity index (χ4v) is 3.07. The van der Waals surface area contributed by atoms with Gasteiger partial charge in [-0.05, 0) is 49.3 Å². The Hall–Kier alpha value is -0.680. The summed E-state index contributed by atoms with van der Waals surface area (Å²) in [7, 11) is 6.48. The Bertz CT molecular complexity index is 443. The molecule has 1 aromatic heterocycles. The quantitative estimate of drug-likeness (QED) is 0.779. The number of hydrogen-bond donors (Lipinski definition) is 0. The van der Waals surface area contributed by atoms with Gasteiger partial charge in [0.1, 0.15) is 16.2 Å². The molecule has 0 radical (unpaired) electrons. The molecule has 2 rings (SSSR count). The first kappa shape index (κ1) is 14.7. The molecule has 0 unspecified atom stereocenters. The molecule has 0 aromatic carbocycles. The van der Waals surface area contributed by atoms with Crippen LogP contribution in [0.4, 0.5) is 5.82 Å². The van der Waals surface area contributed by atoms with Crippen molar-refractivity contribution in [3.05, 3.63) is 16.5 Å². The number of rotatable bonds is 5. The van der Waals surface area contributed by atoms with Crippen molar-refractivity contribution in [1.82, 2.24) is 14.9 Å². The van der Waals surface area contributed by atoms with Gasteiger partial charge >= 0.3 is 0 Å². The predicted octanol–water partition coefficient (Wildman–Crippen LogP) is 2.72. The average molecular weight is 327 g/mol. The van der Waals surface area contributed by atoms with Crippen LogP contribution in [0, 0.1) is 0 Å². The molecular weight excluding hydrogens is 304 g/mol. The summed E-state index contributed by atoms with van der Waals surface area (Å²) in [6, 6.07) is 2.00. The first-order valence-electron chi connectivity index (χ1n) is 6.89. The van der Waals surface area contributed by atoms with Crippen LogP contribution >= 0.6 is 15.9 Å². The molecule has 5 heteroatoms. The average Bonchev–Trinajstić information content (AvgIpc) is 2.32. The summed E-state index contributed by atoms with van der Waals surface area (Å²) in [5.41, 5.74) is 0.318. The lowest BCUT2D eigenvalue weighted by molar-refractivity contribution is 0.0681. The van der Waals surface area contributed by atoms with Gasteiger partial charge < -0.3 is 9.80 Å². The molecule has 4 nitrogen and oxygen atoms in total. The lowest BCUT2D eigenvalue weighted by Crippen LogP contribution is -2.56. The molecule has 19 heavy (non-hydrogen) atoms. The second-order valence-corrected chi connectivity index (χ2v) is 6.46. The summed E-state index contributed by atoms with van der Waals surface area (Å²) >= 11 is 3.47. The van der Waals surface area contributed by atoms with Crippen LogP contribution in [0.25, 0.3) is 0 Å². The molecule has 0 atom stereocenters. The Morgan fingerprint density at radius 3 is 2.42 bits per heavy atom. The van der Waals surface area contributed by atoms with Crippen molar-refractivity contribution in [2.24, 2.45) is 0 Å². The smallest absolute Gasteiger partial charge is 0.133 e. The molecule has 0 amide bonds. The van der Waals surface area contributed by atoms with Gasteiger partial charge in [0.05, 0.1) is 0 Å². The van der Waals surface area contributed by atoms with E-state index in [1.165, 1.54) is 19.3 Å². The van der Waals surface area contributed by atoms with E-state index in [1.807, 2.05) is 6.07 Å². The van der Waals surface area contributed by atoms with E-state index >= 15 is 0 Å². The van der Waals surface area contributed by atoms with Crippen molar-refractivity contribution in [3.63, 3.8) is 0 Å². The predicted molar refractivity (Wildman–Crippen MR) is 82.6 cm³/mol. The van der Waals surface area contributed by atoms with E-state index in [-0.39, 0.29) is 0 Å². The lowest BCUT2D eigenvalue weighted by atomic mass is 9.75. The van der Waals surface area contributed by atoms with Gasteiger partial charge in [-0.2, -0.15) is 0 Å². The van der Waals surface area contributed by atoms with E-state index in [2.05, 4.69) is 63.8 Å². The topological polar surface area (TPSA) is 32.3 Å². The number of hydrogen-bond acceptors (Lipinski definition) is 4. The molecule has 1 saturated carbocycles. The summed E-state index contributed by atoms with van der Waals surface area (Å²) in [4.78, 5) is 13.6. The number of halogens is 1. The maximum absolute atomic E-state index is 4.62. The van der Waals surface area contributed by atoms with E-state index in [4.69, 9.17) is 0 Å². The maximum Gasteiger partial charge on any atom is 0.133 e. The third kappa shape index (κ3) is 3.08. The van der Waals surface area contributed by atoms with Gasteiger partial charge in [0, 0.05) is 31.6 Å². The molecule has 1 aromatic rings. The molecule has 0 bridgehead atoms. The Morgan fingerprint density at radius 2 is 1.95 bits per heavy atom. The van der Waals surface area contributed by atoms with Gasteiger partial charge in [-0.1, -0.05) is 6.92 Å². The second kappa shape index (κ2) is 5.75. The summed E-state index contributed by atoms with van der Waals surface area (Å²) in [6.45, 7) is 3.10. The molecule has 0 spiro atoms. The molecule has 0 aliphatic heterocycles. The minimum Gasteiger partial charge on any atom is -0.358 e. The highest BCUT2D eigenvalue weighted by molar-refractivity contribution is 9.10. The van der Waals surface area contributed by atoms with E-state index in [9.17, 15) is 0 Å². The molecule has 1 heterocycles. The van der Waals surface area contributed by atoms with Gasteiger partial charge in [0.2, 0.25) is 0 Å². The monoisotopic (exact) mass is 326 g/mol. The van der Waals surface area contributed by atoms with Crippen molar-refractivity contribution in [2.45, 2.75) is 38.1 Å². The fourth-order valence-electron chi connectivity index (χ4n) is 2.66. The number of nitrogens with zero attached hydrogens (tertiary/aromatic N) is 4. The van der Waals surface area contributed by atoms with Gasteiger partial charge in [0.25, 0.3) is 0 Å². The summed E-state index contributed by atoms with van der Waals surface area (Å²) in [5.74, 6) is 1.90. The van der Waals surface area contributed by atoms with Crippen LogP contribution in [0.1, 0.15) is 32.0 Å². The Balaban J connectivity index is 2.15. The molecule has 1 aliphatic rings. The van der Waals surface area contributed by atoms with Crippen molar-refractivity contribution in [1.29, 1.82) is 0 Å². The Morgan fingerprint density at radius 1 is 1.26 bits per heavy atom. The Labute approximate surface area is 124 Å². The van der Waals surface area contributed by atoms with Crippen molar-refractivity contribution < 1.29 is 0 Å². The summed E-state index contributed by atoms with van der Waals surface area (Å²) in [5, 5.41) is 0. The number of aromatic nitrogens is 2. The zero-order valence-corrected chi connectivity index (χ0v) is 13.9. The first-order valence-corrected chi connectivity index (χ1v) is 7.68. The van der Waals surface area contributed by atoms with Crippen LogP contribution in [0.15, 0.2) is 10.7 Å². The normalized spacial score (nSPS) is 17.4. The zero-order chi connectivity index (χ0) is 14.0. The highest BCUT2D eigenvalue weighted by Gasteiger charge is 2.40. The molecule has 1 aliphatic carbocycles. The molecule has 106 valence electrons. The fraction of sp³-hybridized carbons (Fsp3) is 0.714. The molecular formula is C14H23BrN4. The van der Waals surface area contributed by atoms with Crippen LogP contribution in [-0.2, 0) is 6.42 Å². The minimum atomic E-state index is 0.318. The number of likely N-dealkylation sites (N-methyl/N-ethyl adjacent to an activating group) is 2. The van der Waals surface area contributed by atoms with Crippen molar-refractivity contribution in [3.8, 4) is 0 Å². The van der Waals surface area contributed by atoms with E-state index in [0.717, 1.165) is 29.2 Å². The van der Waals surface area contributed by atoms with E-state index in [0.29, 0.717) is 5.54 Å². The van der Waals surface area contributed by atoms with Crippen LogP contribution in [0.2, 0.25) is 0 Å². The molecule has 0 N–H and O–H groups in total. The van der Waals surface area contributed by atoms with Crippen LogP contribution < -0.4 is 4.90 Å². The summed E-state index contributed by atoms with van der Waals surface area (Å²) < 4.78 is 0.869. The SMILES string of the molecule is CCc1nc(Br)cc(N(C)CC2(N(C)C)CCC2)n1. The lowest BCUT2D eigenvalue weighted by Gasteiger charge is -2.49. The van der Waals surface area contributed by atoms with Crippen molar-refractivity contribution >= 4 is 21.7 Å². The standard InChI is InChI=1S/C14H23BrN4/c1-5-12-16-11(15)9-13(17-12)19(4)10-14(18(2)3)7-6-8-14/h9H,5-8,10H2,1-4H3. The first-order chi connectivity index (χ1) is 8.97. The third-order valence-electron chi connectivity index (χ3n) is 4.20.